The minimum atomic E-state index is -0.239. The third-order valence-electron chi connectivity index (χ3n) is 4.90. The van der Waals surface area contributed by atoms with Gasteiger partial charge >= 0.3 is 0 Å². The molecule has 0 saturated heterocycles. The molecule has 4 aromatic rings. The molecule has 0 fully saturated rings. The van der Waals surface area contributed by atoms with Gasteiger partial charge in [0.25, 0.3) is 0 Å². The molecule has 2 aromatic heterocycles. The fraction of sp³-hybridized carbons (Fsp3) is 0.227. The zero-order chi connectivity index (χ0) is 18.8. The number of pyridine rings is 1. The highest BCUT2D eigenvalue weighted by Gasteiger charge is 2.17. The lowest BCUT2D eigenvalue weighted by Gasteiger charge is -2.10. The van der Waals surface area contributed by atoms with E-state index in [-0.39, 0.29) is 5.82 Å². The summed E-state index contributed by atoms with van der Waals surface area (Å²) in [6.07, 6.45) is 2.68. The minimum Gasteiger partial charge on any atom is -0.496 e. The standard InChI is InChI=1S/C22H22FN3O/c1-27-21-13-20(25-18-8-3-2-7-16(18)21)22-15(6-4-5-11-24)17-12-14(23)9-10-19(17)26-22/h2-3,7-10,12-13,26H,4-6,11,24H2,1H3. The molecule has 4 nitrogen and oxygen atoms in total. The van der Waals surface area contributed by atoms with E-state index in [1.54, 1.807) is 19.2 Å². The largest absolute Gasteiger partial charge is 0.496 e. The molecule has 2 heterocycles. The zero-order valence-electron chi connectivity index (χ0n) is 15.3. The van der Waals surface area contributed by atoms with Crippen molar-refractivity contribution in [3.63, 3.8) is 0 Å². The van der Waals surface area contributed by atoms with E-state index in [9.17, 15) is 4.39 Å². The van der Waals surface area contributed by atoms with Gasteiger partial charge in [-0.2, -0.15) is 0 Å². The molecule has 27 heavy (non-hydrogen) atoms. The van der Waals surface area contributed by atoms with E-state index in [1.807, 2.05) is 30.3 Å². The van der Waals surface area contributed by atoms with Crippen molar-refractivity contribution in [1.29, 1.82) is 0 Å². The van der Waals surface area contributed by atoms with Crippen LogP contribution in [0.5, 0.6) is 5.75 Å². The maximum absolute atomic E-state index is 13.9. The Labute approximate surface area is 157 Å². The zero-order valence-corrected chi connectivity index (χ0v) is 15.3. The van der Waals surface area contributed by atoms with Gasteiger partial charge < -0.3 is 15.5 Å². The van der Waals surface area contributed by atoms with Crippen LogP contribution >= 0.6 is 0 Å². The van der Waals surface area contributed by atoms with Gasteiger partial charge in [-0.1, -0.05) is 12.1 Å². The van der Waals surface area contributed by atoms with Crippen molar-refractivity contribution in [2.24, 2.45) is 5.73 Å². The van der Waals surface area contributed by atoms with Crippen molar-refractivity contribution in [3.05, 3.63) is 59.9 Å². The summed E-state index contributed by atoms with van der Waals surface area (Å²) in [6.45, 7) is 0.647. The highest BCUT2D eigenvalue weighted by atomic mass is 19.1. The first-order valence-corrected chi connectivity index (χ1v) is 9.15. The molecular formula is C22H22FN3O. The lowest BCUT2D eigenvalue weighted by Crippen LogP contribution is -2.00. The lowest BCUT2D eigenvalue weighted by atomic mass is 10.0. The Bertz CT molecular complexity index is 1100. The monoisotopic (exact) mass is 363 g/mol. The Morgan fingerprint density at radius 3 is 2.74 bits per heavy atom. The highest BCUT2D eigenvalue weighted by Crippen LogP contribution is 2.35. The van der Waals surface area contributed by atoms with E-state index in [0.29, 0.717) is 6.54 Å². The van der Waals surface area contributed by atoms with Gasteiger partial charge in [0.1, 0.15) is 11.6 Å². The van der Waals surface area contributed by atoms with Gasteiger partial charge in [-0.3, -0.25) is 0 Å². The molecule has 0 saturated carbocycles. The van der Waals surface area contributed by atoms with Crippen molar-refractivity contribution in [1.82, 2.24) is 9.97 Å². The summed E-state index contributed by atoms with van der Waals surface area (Å²) in [6, 6.07) is 14.7. The van der Waals surface area contributed by atoms with Gasteiger partial charge in [-0.25, -0.2) is 9.37 Å². The minimum absolute atomic E-state index is 0.239. The number of methoxy groups -OCH3 is 1. The van der Waals surface area contributed by atoms with Crippen LogP contribution in [0.25, 0.3) is 33.2 Å². The Hall–Kier alpha value is -2.92. The van der Waals surface area contributed by atoms with Crippen LogP contribution in [-0.4, -0.2) is 23.6 Å². The molecule has 2 aromatic carbocycles. The fourth-order valence-electron chi connectivity index (χ4n) is 3.58. The maximum atomic E-state index is 13.9. The first-order chi connectivity index (χ1) is 13.2. The average molecular weight is 363 g/mol. The highest BCUT2D eigenvalue weighted by molar-refractivity contribution is 5.93. The van der Waals surface area contributed by atoms with Crippen LogP contribution in [0.3, 0.4) is 0 Å². The van der Waals surface area contributed by atoms with Crippen LogP contribution < -0.4 is 10.5 Å². The number of fused-ring (bicyclic) bond motifs is 2. The molecule has 0 unspecified atom stereocenters. The summed E-state index contributed by atoms with van der Waals surface area (Å²) in [7, 11) is 1.66. The number of hydrogen-bond donors (Lipinski definition) is 2. The number of ether oxygens (including phenoxy) is 1. The number of rotatable bonds is 6. The summed E-state index contributed by atoms with van der Waals surface area (Å²) < 4.78 is 19.5. The SMILES string of the molecule is COc1cc(-c2[nH]c3ccc(F)cc3c2CCCCN)nc2ccccc12. The normalized spacial score (nSPS) is 11.4. The predicted molar refractivity (Wildman–Crippen MR) is 108 cm³/mol. The van der Waals surface area contributed by atoms with Gasteiger partial charge in [-0.05, 0) is 61.7 Å². The molecule has 0 radical (unpaired) electrons. The predicted octanol–water partition coefficient (Wildman–Crippen LogP) is 4.81. The Kier molecular flexibility index (Phi) is 4.77. The van der Waals surface area contributed by atoms with Crippen LogP contribution in [0.2, 0.25) is 0 Å². The lowest BCUT2D eigenvalue weighted by molar-refractivity contribution is 0.419. The van der Waals surface area contributed by atoms with Gasteiger partial charge in [-0.15, -0.1) is 0 Å². The number of nitrogens with zero attached hydrogens (tertiary/aromatic N) is 1. The van der Waals surface area contributed by atoms with Crippen molar-refractivity contribution in [2.75, 3.05) is 13.7 Å². The molecule has 0 atom stereocenters. The van der Waals surface area contributed by atoms with E-state index in [0.717, 1.165) is 63.8 Å². The van der Waals surface area contributed by atoms with Gasteiger partial charge in [0.05, 0.1) is 24.0 Å². The molecular weight excluding hydrogens is 341 g/mol. The molecule has 138 valence electrons. The second-order valence-corrected chi connectivity index (χ2v) is 6.64. The Morgan fingerprint density at radius 2 is 1.93 bits per heavy atom. The smallest absolute Gasteiger partial charge is 0.130 e. The molecule has 4 rings (SSSR count). The second kappa shape index (κ2) is 7.37. The number of benzene rings is 2. The van der Waals surface area contributed by atoms with Gasteiger partial charge in [0.15, 0.2) is 0 Å². The summed E-state index contributed by atoms with van der Waals surface area (Å²) in [5.74, 6) is 0.533. The second-order valence-electron chi connectivity index (χ2n) is 6.64. The van der Waals surface area contributed by atoms with E-state index in [2.05, 4.69) is 4.98 Å². The van der Waals surface area contributed by atoms with Crippen molar-refractivity contribution >= 4 is 21.8 Å². The van der Waals surface area contributed by atoms with Crippen molar-refractivity contribution < 1.29 is 9.13 Å². The number of aromatic nitrogens is 2. The average Bonchev–Trinajstić information content (AvgIpc) is 3.05. The third kappa shape index (κ3) is 3.26. The van der Waals surface area contributed by atoms with E-state index < -0.39 is 0 Å². The molecule has 5 heteroatoms. The van der Waals surface area contributed by atoms with Gasteiger partial charge in [0, 0.05) is 22.4 Å². The van der Waals surface area contributed by atoms with Crippen LogP contribution in [-0.2, 0) is 6.42 Å². The molecule has 0 spiro atoms. The molecule has 0 amide bonds. The number of H-pyrrole nitrogens is 1. The Balaban J connectivity index is 1.92. The van der Waals surface area contributed by atoms with Crippen LogP contribution in [0.1, 0.15) is 18.4 Å². The fourth-order valence-corrected chi connectivity index (χ4v) is 3.58. The van der Waals surface area contributed by atoms with E-state index in [1.165, 1.54) is 6.07 Å². The molecule has 0 bridgehead atoms. The number of aromatic amines is 1. The number of nitrogens with two attached hydrogens (primary N) is 1. The molecule has 0 aliphatic carbocycles. The molecule has 3 N–H and O–H groups in total. The summed E-state index contributed by atoms with van der Waals surface area (Å²) in [5, 5.41) is 1.87. The number of nitrogens with one attached hydrogen (secondary N) is 1. The first kappa shape index (κ1) is 17.5. The van der Waals surface area contributed by atoms with Crippen molar-refractivity contribution in [2.45, 2.75) is 19.3 Å². The van der Waals surface area contributed by atoms with E-state index >= 15 is 0 Å². The number of hydrogen-bond acceptors (Lipinski definition) is 3. The van der Waals surface area contributed by atoms with Crippen molar-refractivity contribution in [3.8, 4) is 17.1 Å². The number of unbranched alkanes of at least 4 members (excludes halogenated alkanes) is 1. The molecule has 0 aliphatic heterocycles. The topological polar surface area (TPSA) is 63.9 Å². The Morgan fingerprint density at radius 1 is 1.07 bits per heavy atom. The maximum Gasteiger partial charge on any atom is 0.130 e. The van der Waals surface area contributed by atoms with Crippen LogP contribution in [0.4, 0.5) is 4.39 Å². The quantitative estimate of drug-likeness (QED) is 0.483. The van der Waals surface area contributed by atoms with E-state index in [4.69, 9.17) is 15.5 Å². The number of aryl methyl sites for hydroxylation is 1. The third-order valence-corrected chi connectivity index (χ3v) is 4.90. The summed E-state index contributed by atoms with van der Waals surface area (Å²) in [4.78, 5) is 8.27. The summed E-state index contributed by atoms with van der Waals surface area (Å²) in [5.41, 5.74) is 10.2. The molecule has 0 aliphatic rings. The number of halogens is 1. The van der Waals surface area contributed by atoms with Crippen LogP contribution in [0.15, 0.2) is 48.5 Å². The number of para-hydroxylation sites is 1. The van der Waals surface area contributed by atoms with Gasteiger partial charge in [0.2, 0.25) is 0 Å². The van der Waals surface area contributed by atoms with Crippen LogP contribution in [0, 0.1) is 5.82 Å². The summed E-state index contributed by atoms with van der Waals surface area (Å²) >= 11 is 0. The first-order valence-electron chi connectivity index (χ1n) is 9.15.